The van der Waals surface area contributed by atoms with E-state index < -0.39 is 15.7 Å². The molecule has 26 heavy (non-hydrogen) atoms. The van der Waals surface area contributed by atoms with Crippen LogP contribution in [0.3, 0.4) is 0 Å². The van der Waals surface area contributed by atoms with Crippen LogP contribution >= 0.6 is 0 Å². The number of likely N-dealkylation sites (N-methyl/N-ethyl adjacent to an activating group) is 1. The first-order chi connectivity index (χ1) is 12.3. The maximum absolute atomic E-state index is 13.2. The Kier molecular flexibility index (Phi) is 5.12. The number of rotatable bonds is 5. The maximum atomic E-state index is 13.2. The Morgan fingerprint density at radius 2 is 1.88 bits per heavy atom. The molecule has 5 nitrogen and oxygen atoms in total. The van der Waals surface area contributed by atoms with Crippen molar-refractivity contribution in [3.05, 3.63) is 41.3 Å². The summed E-state index contributed by atoms with van der Waals surface area (Å²) in [5, 5.41) is 0. The minimum absolute atomic E-state index is 0.0573. The molecule has 0 spiro atoms. The third kappa shape index (κ3) is 3.14. The van der Waals surface area contributed by atoms with Crippen LogP contribution < -0.4 is 5.73 Å². The summed E-state index contributed by atoms with van der Waals surface area (Å²) < 4.78 is 41.3. The predicted octanol–water partition coefficient (Wildman–Crippen LogP) is 3.14. The number of likely N-dealkylation sites (tertiary alicyclic amines) is 1. The highest BCUT2D eigenvalue weighted by Crippen LogP contribution is 2.34. The van der Waals surface area contributed by atoms with Gasteiger partial charge in [0.2, 0.25) is 9.84 Å². The molecule has 1 unspecified atom stereocenters. The summed E-state index contributed by atoms with van der Waals surface area (Å²) in [6.45, 7) is 8.56. The van der Waals surface area contributed by atoms with Gasteiger partial charge in [0.15, 0.2) is 0 Å². The Morgan fingerprint density at radius 1 is 1.23 bits per heavy atom. The first kappa shape index (κ1) is 18.9. The second-order valence-corrected chi connectivity index (χ2v) is 8.80. The normalized spacial score (nSPS) is 18.5. The van der Waals surface area contributed by atoms with E-state index >= 15 is 0 Å². The van der Waals surface area contributed by atoms with E-state index in [0.29, 0.717) is 18.2 Å². The monoisotopic (exact) mass is 379 g/mol. The quantitative estimate of drug-likeness (QED) is 0.811. The third-order valence-corrected chi connectivity index (χ3v) is 7.45. The molecule has 0 bridgehead atoms. The Labute approximate surface area is 154 Å². The summed E-state index contributed by atoms with van der Waals surface area (Å²) in [5.74, 6) is -0.199. The molecular formula is C19H26FN3O2S. The molecule has 7 heteroatoms. The lowest BCUT2D eigenvalue weighted by Gasteiger charge is -2.24. The Hall–Kier alpha value is -1.86. The van der Waals surface area contributed by atoms with Crippen LogP contribution in [0.4, 0.5) is 10.2 Å². The molecule has 0 saturated carbocycles. The summed E-state index contributed by atoms with van der Waals surface area (Å²) in [6.07, 6.45) is 2.24. The minimum Gasteiger partial charge on any atom is -0.384 e. The number of anilines is 1. The van der Waals surface area contributed by atoms with Gasteiger partial charge in [0.1, 0.15) is 16.5 Å². The number of nitrogen functional groups attached to an aromatic ring is 1. The van der Waals surface area contributed by atoms with Gasteiger partial charge in [-0.2, -0.15) is 0 Å². The minimum atomic E-state index is -3.80. The molecule has 2 aromatic rings. The van der Waals surface area contributed by atoms with Crippen LogP contribution in [-0.2, 0) is 16.4 Å². The molecule has 1 fully saturated rings. The van der Waals surface area contributed by atoms with Gasteiger partial charge in [-0.05, 0) is 69.6 Å². The molecule has 1 aromatic carbocycles. The standard InChI is InChI=1S/C19H26FN3O2S/c1-4-22-11-5-6-16(22)12-23-14(3)13(2)18(19(23)21)26(24,25)17-9-7-15(20)8-10-17/h7-10,16H,4-6,11-12,21H2,1-3H3. The van der Waals surface area contributed by atoms with Crippen LogP contribution in [0.15, 0.2) is 34.1 Å². The Bertz CT molecular complexity index is 904. The molecule has 3 rings (SSSR count). The van der Waals surface area contributed by atoms with Gasteiger partial charge in [0.05, 0.1) is 4.90 Å². The zero-order chi connectivity index (χ0) is 19.1. The van der Waals surface area contributed by atoms with Crippen molar-refractivity contribution in [2.75, 3.05) is 18.8 Å². The van der Waals surface area contributed by atoms with Gasteiger partial charge in [-0.1, -0.05) is 6.92 Å². The molecule has 0 amide bonds. The second-order valence-electron chi connectivity index (χ2n) is 6.92. The topological polar surface area (TPSA) is 68.3 Å². The number of sulfone groups is 1. The molecule has 2 heterocycles. The lowest BCUT2D eigenvalue weighted by molar-refractivity contribution is 0.244. The van der Waals surface area contributed by atoms with Gasteiger partial charge in [0, 0.05) is 18.3 Å². The van der Waals surface area contributed by atoms with E-state index in [1.54, 1.807) is 6.92 Å². The molecule has 1 aliphatic heterocycles. The van der Waals surface area contributed by atoms with Crippen molar-refractivity contribution in [1.82, 2.24) is 9.47 Å². The van der Waals surface area contributed by atoms with Crippen molar-refractivity contribution in [3.8, 4) is 0 Å². The number of hydrogen-bond acceptors (Lipinski definition) is 4. The van der Waals surface area contributed by atoms with E-state index in [2.05, 4.69) is 11.8 Å². The van der Waals surface area contributed by atoms with Crippen LogP contribution in [0.25, 0.3) is 0 Å². The van der Waals surface area contributed by atoms with E-state index in [4.69, 9.17) is 5.73 Å². The number of benzene rings is 1. The Balaban J connectivity index is 2.03. The van der Waals surface area contributed by atoms with Crippen molar-refractivity contribution >= 4 is 15.7 Å². The molecule has 142 valence electrons. The van der Waals surface area contributed by atoms with E-state index in [1.165, 1.54) is 12.1 Å². The molecular weight excluding hydrogens is 353 g/mol. The van der Waals surface area contributed by atoms with Gasteiger partial charge in [0.25, 0.3) is 0 Å². The average molecular weight is 380 g/mol. The van der Waals surface area contributed by atoms with E-state index in [-0.39, 0.29) is 15.6 Å². The zero-order valence-electron chi connectivity index (χ0n) is 15.5. The lowest BCUT2D eigenvalue weighted by Crippen LogP contribution is -2.33. The highest BCUT2D eigenvalue weighted by atomic mass is 32.2. The largest absolute Gasteiger partial charge is 0.384 e. The number of aromatic nitrogens is 1. The summed E-state index contributed by atoms with van der Waals surface area (Å²) in [6, 6.07) is 5.24. The summed E-state index contributed by atoms with van der Waals surface area (Å²) >= 11 is 0. The van der Waals surface area contributed by atoms with Crippen molar-refractivity contribution in [2.24, 2.45) is 0 Å². The summed E-state index contributed by atoms with van der Waals surface area (Å²) in [4.78, 5) is 2.60. The number of halogens is 1. The van der Waals surface area contributed by atoms with Gasteiger partial charge in [-0.15, -0.1) is 0 Å². The highest BCUT2D eigenvalue weighted by Gasteiger charge is 2.30. The number of hydrogen-bond donors (Lipinski definition) is 1. The van der Waals surface area contributed by atoms with Crippen LogP contribution in [0.2, 0.25) is 0 Å². The fraction of sp³-hybridized carbons (Fsp3) is 0.474. The van der Waals surface area contributed by atoms with E-state index in [1.807, 2.05) is 11.5 Å². The Morgan fingerprint density at radius 3 is 2.50 bits per heavy atom. The van der Waals surface area contributed by atoms with Crippen LogP contribution in [-0.4, -0.2) is 37.0 Å². The van der Waals surface area contributed by atoms with Crippen molar-refractivity contribution in [3.63, 3.8) is 0 Å². The fourth-order valence-corrected chi connectivity index (χ4v) is 5.56. The van der Waals surface area contributed by atoms with Crippen molar-refractivity contribution < 1.29 is 12.8 Å². The predicted molar refractivity (Wildman–Crippen MR) is 100 cm³/mol. The molecule has 1 saturated heterocycles. The van der Waals surface area contributed by atoms with Crippen LogP contribution in [0, 0.1) is 19.7 Å². The van der Waals surface area contributed by atoms with Gasteiger partial charge < -0.3 is 10.3 Å². The van der Waals surface area contributed by atoms with E-state index in [9.17, 15) is 12.8 Å². The molecule has 1 atom stereocenters. The van der Waals surface area contributed by atoms with E-state index in [0.717, 1.165) is 43.8 Å². The van der Waals surface area contributed by atoms with Crippen molar-refractivity contribution in [1.29, 1.82) is 0 Å². The fourth-order valence-electron chi connectivity index (χ4n) is 3.90. The smallest absolute Gasteiger partial charge is 0.210 e. The maximum Gasteiger partial charge on any atom is 0.210 e. The second kappa shape index (κ2) is 7.04. The summed E-state index contributed by atoms with van der Waals surface area (Å²) in [7, 11) is -3.80. The van der Waals surface area contributed by atoms with Gasteiger partial charge in [-0.3, -0.25) is 4.90 Å². The lowest BCUT2D eigenvalue weighted by atomic mass is 10.2. The first-order valence-corrected chi connectivity index (χ1v) is 10.5. The first-order valence-electron chi connectivity index (χ1n) is 8.97. The third-order valence-electron chi connectivity index (χ3n) is 5.50. The summed E-state index contributed by atoms with van der Waals surface area (Å²) in [5.41, 5.74) is 7.84. The zero-order valence-corrected chi connectivity index (χ0v) is 16.3. The molecule has 2 N–H and O–H groups in total. The average Bonchev–Trinajstić information content (AvgIpc) is 3.13. The number of nitrogens with two attached hydrogens (primary N) is 1. The van der Waals surface area contributed by atoms with Gasteiger partial charge in [-0.25, -0.2) is 12.8 Å². The van der Waals surface area contributed by atoms with Crippen LogP contribution in [0.1, 0.15) is 31.0 Å². The molecule has 0 aliphatic carbocycles. The molecule has 1 aliphatic rings. The SMILES string of the molecule is CCN1CCCC1Cn1c(C)c(C)c(S(=O)(=O)c2ccc(F)cc2)c1N. The molecule has 0 radical (unpaired) electrons. The highest BCUT2D eigenvalue weighted by molar-refractivity contribution is 7.91. The van der Waals surface area contributed by atoms with Crippen LogP contribution in [0.5, 0.6) is 0 Å². The van der Waals surface area contributed by atoms with Crippen molar-refractivity contribution in [2.45, 2.75) is 56.0 Å². The van der Waals surface area contributed by atoms with Gasteiger partial charge >= 0.3 is 0 Å². The molecule has 1 aromatic heterocycles. The number of nitrogens with zero attached hydrogens (tertiary/aromatic N) is 2.